The molecule has 1 heterocycles. The topological polar surface area (TPSA) is 35.5 Å². The van der Waals surface area contributed by atoms with Gasteiger partial charge < -0.3 is 15.3 Å². The highest BCUT2D eigenvalue weighted by Gasteiger charge is 2.18. The summed E-state index contributed by atoms with van der Waals surface area (Å²) < 4.78 is 0. The van der Waals surface area contributed by atoms with Crippen LogP contribution >= 0.6 is 0 Å². The van der Waals surface area contributed by atoms with E-state index in [2.05, 4.69) is 29.4 Å². The van der Waals surface area contributed by atoms with E-state index in [4.69, 9.17) is 0 Å². The monoisotopic (exact) mass is 284 g/mol. The third kappa shape index (κ3) is 3.20. The molecule has 2 aromatic carbocycles. The van der Waals surface area contributed by atoms with Gasteiger partial charge in [0.25, 0.3) is 0 Å². The molecule has 3 nitrogen and oxygen atoms in total. The molecule has 1 unspecified atom stereocenters. The average Bonchev–Trinajstić information content (AvgIpc) is 2.51. The van der Waals surface area contributed by atoms with Crippen LogP contribution in [0.2, 0.25) is 0 Å². The lowest BCUT2D eigenvalue weighted by Crippen LogP contribution is -2.42. The maximum Gasteiger partial charge on any atom is 0.120 e. The summed E-state index contributed by atoms with van der Waals surface area (Å²) in [6.07, 6.45) is 3.92. The summed E-state index contributed by atoms with van der Waals surface area (Å²) in [6.45, 7) is 2.91. The van der Waals surface area contributed by atoms with Gasteiger partial charge in [0.15, 0.2) is 0 Å². The van der Waals surface area contributed by atoms with Gasteiger partial charge in [0.2, 0.25) is 0 Å². The molecule has 2 aromatic rings. The summed E-state index contributed by atoms with van der Waals surface area (Å²) in [4.78, 5) is 2.44. The molecule has 3 rings (SSSR count). The van der Waals surface area contributed by atoms with E-state index in [0.29, 0.717) is 11.8 Å². The molecule has 1 atom stereocenters. The Kier molecular flexibility index (Phi) is 4.42. The van der Waals surface area contributed by atoms with Crippen LogP contribution in [-0.4, -0.2) is 36.2 Å². The van der Waals surface area contributed by atoms with Crippen molar-refractivity contribution in [3.63, 3.8) is 0 Å². The second-order valence-electron chi connectivity index (χ2n) is 6.05. The zero-order valence-electron chi connectivity index (χ0n) is 12.7. The molecule has 2 N–H and O–H groups in total. The first-order chi connectivity index (χ1) is 10.3. The Morgan fingerprint density at radius 2 is 2.05 bits per heavy atom. The van der Waals surface area contributed by atoms with Crippen molar-refractivity contribution in [1.82, 2.24) is 10.2 Å². The van der Waals surface area contributed by atoms with Crippen LogP contribution in [-0.2, 0) is 6.54 Å². The molecular weight excluding hydrogens is 260 g/mol. The highest BCUT2D eigenvalue weighted by molar-refractivity contribution is 5.87. The van der Waals surface area contributed by atoms with Gasteiger partial charge in [-0.3, -0.25) is 0 Å². The zero-order valence-corrected chi connectivity index (χ0v) is 12.7. The van der Waals surface area contributed by atoms with E-state index in [1.54, 1.807) is 6.07 Å². The lowest BCUT2D eigenvalue weighted by molar-refractivity contribution is 0.181. The van der Waals surface area contributed by atoms with Gasteiger partial charge in [0.05, 0.1) is 0 Å². The smallest absolute Gasteiger partial charge is 0.120 e. The van der Waals surface area contributed by atoms with E-state index in [9.17, 15) is 5.11 Å². The maximum absolute atomic E-state index is 10.1. The van der Waals surface area contributed by atoms with Crippen LogP contribution < -0.4 is 5.32 Å². The molecule has 0 radical (unpaired) electrons. The summed E-state index contributed by atoms with van der Waals surface area (Å²) in [5.74, 6) is 0.387. The molecule has 1 fully saturated rings. The molecule has 0 amide bonds. The standard InChI is InChI=1S/C18H24N2O/c1-20-11-5-4-7-15(20)12-19-13-17-16-8-3-2-6-14(16)9-10-18(17)21/h2-3,6,8-10,15,19,21H,4-5,7,11-13H2,1H3. The molecule has 0 bridgehead atoms. The van der Waals surface area contributed by atoms with Crippen LogP contribution in [0.25, 0.3) is 10.8 Å². The van der Waals surface area contributed by atoms with Gasteiger partial charge in [0, 0.05) is 24.7 Å². The molecule has 1 aliphatic heterocycles. The van der Waals surface area contributed by atoms with Crippen molar-refractivity contribution >= 4 is 10.8 Å². The van der Waals surface area contributed by atoms with Crippen LogP contribution in [0.4, 0.5) is 0 Å². The maximum atomic E-state index is 10.1. The van der Waals surface area contributed by atoms with Crippen molar-refractivity contribution in [2.45, 2.75) is 31.8 Å². The highest BCUT2D eigenvalue weighted by Crippen LogP contribution is 2.27. The minimum absolute atomic E-state index is 0.387. The minimum Gasteiger partial charge on any atom is -0.508 e. The first-order valence-corrected chi connectivity index (χ1v) is 7.86. The van der Waals surface area contributed by atoms with Gasteiger partial charge in [-0.25, -0.2) is 0 Å². The Morgan fingerprint density at radius 3 is 2.90 bits per heavy atom. The Labute approximate surface area is 126 Å². The van der Waals surface area contributed by atoms with Crippen LogP contribution in [0, 0.1) is 0 Å². The average molecular weight is 284 g/mol. The zero-order chi connectivity index (χ0) is 14.7. The summed E-state index contributed by atoms with van der Waals surface area (Å²) in [7, 11) is 2.21. The normalized spacial score (nSPS) is 20.0. The first kappa shape index (κ1) is 14.4. The molecule has 112 valence electrons. The van der Waals surface area contributed by atoms with Crippen LogP contribution in [0.15, 0.2) is 36.4 Å². The number of piperidine rings is 1. The molecule has 0 aromatic heterocycles. The SMILES string of the molecule is CN1CCCCC1CNCc1c(O)ccc2ccccc12. The van der Waals surface area contributed by atoms with Crippen LogP contribution in [0.5, 0.6) is 5.75 Å². The first-order valence-electron chi connectivity index (χ1n) is 7.86. The molecule has 3 heteroatoms. The number of benzene rings is 2. The van der Waals surface area contributed by atoms with E-state index >= 15 is 0 Å². The Hall–Kier alpha value is -1.58. The van der Waals surface area contributed by atoms with E-state index in [1.807, 2.05) is 18.2 Å². The highest BCUT2D eigenvalue weighted by atomic mass is 16.3. The van der Waals surface area contributed by atoms with Crippen molar-refractivity contribution < 1.29 is 5.11 Å². The van der Waals surface area contributed by atoms with Gasteiger partial charge >= 0.3 is 0 Å². The van der Waals surface area contributed by atoms with E-state index in [0.717, 1.165) is 24.0 Å². The van der Waals surface area contributed by atoms with Crippen molar-refractivity contribution in [2.75, 3.05) is 20.1 Å². The lowest BCUT2D eigenvalue weighted by Gasteiger charge is -2.32. The van der Waals surface area contributed by atoms with Crippen molar-refractivity contribution in [3.8, 4) is 5.75 Å². The van der Waals surface area contributed by atoms with Gasteiger partial charge in [-0.2, -0.15) is 0 Å². The number of phenols is 1. The van der Waals surface area contributed by atoms with E-state index in [-0.39, 0.29) is 0 Å². The lowest BCUT2D eigenvalue weighted by atomic mass is 10.0. The number of hydrogen-bond acceptors (Lipinski definition) is 3. The number of aromatic hydroxyl groups is 1. The van der Waals surface area contributed by atoms with Gasteiger partial charge in [0.1, 0.15) is 5.75 Å². The summed E-state index contributed by atoms with van der Waals surface area (Å²) in [6, 6.07) is 12.6. The fourth-order valence-corrected chi connectivity index (χ4v) is 3.28. The predicted molar refractivity (Wildman–Crippen MR) is 87.6 cm³/mol. The Balaban J connectivity index is 1.69. The van der Waals surface area contributed by atoms with Crippen molar-refractivity contribution in [3.05, 3.63) is 42.0 Å². The predicted octanol–water partition coefficient (Wildman–Crippen LogP) is 3.12. The van der Waals surface area contributed by atoms with Crippen LogP contribution in [0.1, 0.15) is 24.8 Å². The number of hydrogen-bond donors (Lipinski definition) is 2. The number of phenolic OH excluding ortho intramolecular Hbond substituents is 1. The summed E-state index contributed by atoms with van der Waals surface area (Å²) in [5, 5.41) is 16.0. The fourth-order valence-electron chi connectivity index (χ4n) is 3.28. The van der Waals surface area contributed by atoms with Crippen molar-refractivity contribution in [1.29, 1.82) is 0 Å². The van der Waals surface area contributed by atoms with Crippen molar-refractivity contribution in [2.24, 2.45) is 0 Å². The third-order valence-corrected chi connectivity index (χ3v) is 4.62. The molecule has 0 saturated carbocycles. The molecule has 0 aliphatic carbocycles. The van der Waals surface area contributed by atoms with Gasteiger partial charge in [-0.15, -0.1) is 0 Å². The molecule has 1 saturated heterocycles. The van der Waals surface area contributed by atoms with Gasteiger partial charge in [-0.05, 0) is 43.3 Å². The number of likely N-dealkylation sites (tertiary alicyclic amines) is 1. The fraction of sp³-hybridized carbons (Fsp3) is 0.444. The van der Waals surface area contributed by atoms with E-state index in [1.165, 1.54) is 31.2 Å². The molecular formula is C18H24N2O. The summed E-state index contributed by atoms with van der Waals surface area (Å²) >= 11 is 0. The second-order valence-corrected chi connectivity index (χ2v) is 6.05. The Morgan fingerprint density at radius 1 is 1.19 bits per heavy atom. The number of nitrogens with one attached hydrogen (secondary N) is 1. The third-order valence-electron chi connectivity index (χ3n) is 4.62. The second kappa shape index (κ2) is 6.46. The Bertz CT molecular complexity index is 611. The van der Waals surface area contributed by atoms with Crippen LogP contribution in [0.3, 0.4) is 0 Å². The molecule has 1 aliphatic rings. The number of nitrogens with zero attached hydrogens (tertiary/aromatic N) is 1. The van der Waals surface area contributed by atoms with E-state index < -0.39 is 0 Å². The number of likely N-dealkylation sites (N-methyl/N-ethyl adjacent to an activating group) is 1. The van der Waals surface area contributed by atoms with Gasteiger partial charge in [-0.1, -0.05) is 36.8 Å². The summed E-state index contributed by atoms with van der Waals surface area (Å²) in [5.41, 5.74) is 1.01. The molecule has 21 heavy (non-hydrogen) atoms. The number of rotatable bonds is 4. The minimum atomic E-state index is 0.387. The molecule has 0 spiro atoms. The number of fused-ring (bicyclic) bond motifs is 1. The largest absolute Gasteiger partial charge is 0.508 e. The quantitative estimate of drug-likeness (QED) is 0.905.